The first-order valence-corrected chi connectivity index (χ1v) is 12.4. The SMILES string of the molecule is Cc1ccc(-c2c3c([o+]c4c2CCc2ccccc2-4)-c2ccccc2CC3)cc1.[O-][Cl+3]([O-])([O-])[O-]. The van der Waals surface area contributed by atoms with E-state index in [9.17, 15) is 0 Å². The molecule has 5 nitrogen and oxygen atoms in total. The average molecular weight is 475 g/mol. The number of fused-ring (bicyclic) bond motifs is 6. The van der Waals surface area contributed by atoms with Crippen molar-refractivity contribution < 1.29 is 33.3 Å². The summed E-state index contributed by atoms with van der Waals surface area (Å²) in [7, 11) is -4.94. The van der Waals surface area contributed by atoms with Gasteiger partial charge in [-0.15, -0.1) is 10.2 Å². The Bertz CT molecular complexity index is 1280. The van der Waals surface area contributed by atoms with Crippen molar-refractivity contribution in [2.45, 2.75) is 32.6 Å². The van der Waals surface area contributed by atoms with E-state index in [0.717, 1.165) is 37.2 Å². The van der Waals surface area contributed by atoms with Crippen molar-refractivity contribution in [3.05, 3.63) is 101 Å². The van der Waals surface area contributed by atoms with E-state index in [-0.39, 0.29) is 0 Å². The molecule has 172 valence electrons. The summed E-state index contributed by atoms with van der Waals surface area (Å²) in [5, 5.41) is 0. The van der Waals surface area contributed by atoms with Gasteiger partial charge in [0.15, 0.2) is 0 Å². The fourth-order valence-corrected chi connectivity index (χ4v) is 5.05. The molecule has 6 heteroatoms. The fourth-order valence-electron chi connectivity index (χ4n) is 5.05. The van der Waals surface area contributed by atoms with Crippen molar-refractivity contribution in [3.63, 3.8) is 0 Å². The van der Waals surface area contributed by atoms with Gasteiger partial charge in [0.05, 0.1) is 22.3 Å². The minimum Gasteiger partial charge on any atom is -0.222 e. The van der Waals surface area contributed by atoms with Crippen LogP contribution in [0.3, 0.4) is 0 Å². The second-order valence-corrected chi connectivity index (χ2v) is 9.41. The normalized spacial score (nSPS) is 13.6. The number of hydrogen-bond donors (Lipinski definition) is 0. The van der Waals surface area contributed by atoms with Gasteiger partial charge in [0.2, 0.25) is 0 Å². The third-order valence-corrected chi connectivity index (χ3v) is 6.51. The molecule has 0 radical (unpaired) electrons. The van der Waals surface area contributed by atoms with Crippen LogP contribution in [0.25, 0.3) is 33.8 Å². The van der Waals surface area contributed by atoms with Gasteiger partial charge in [-0.25, -0.2) is 23.1 Å². The lowest BCUT2D eigenvalue weighted by molar-refractivity contribution is -2.00. The van der Waals surface area contributed by atoms with Gasteiger partial charge in [-0.3, -0.25) is 0 Å². The van der Waals surface area contributed by atoms with Crippen molar-refractivity contribution in [2.24, 2.45) is 0 Å². The van der Waals surface area contributed by atoms with E-state index in [4.69, 9.17) is 23.1 Å². The van der Waals surface area contributed by atoms with Gasteiger partial charge < -0.3 is 0 Å². The van der Waals surface area contributed by atoms with Gasteiger partial charge in [0.25, 0.3) is 0 Å². The van der Waals surface area contributed by atoms with Crippen LogP contribution in [-0.4, -0.2) is 0 Å². The Morgan fingerprint density at radius 3 is 1.53 bits per heavy atom. The Labute approximate surface area is 200 Å². The molecule has 0 N–H and O–H groups in total. The van der Waals surface area contributed by atoms with Crippen molar-refractivity contribution >= 4 is 0 Å². The molecule has 0 saturated carbocycles. The molecule has 3 aromatic carbocycles. The summed E-state index contributed by atoms with van der Waals surface area (Å²) in [6.07, 6.45) is 4.22. The van der Waals surface area contributed by atoms with Crippen LogP contribution in [0.5, 0.6) is 0 Å². The molecular formula is C28H23ClO5. The number of hydrogen-bond acceptors (Lipinski definition) is 4. The van der Waals surface area contributed by atoms with E-state index in [2.05, 4.69) is 79.7 Å². The van der Waals surface area contributed by atoms with Crippen LogP contribution in [-0.2, 0) is 25.7 Å². The first-order chi connectivity index (χ1) is 16.3. The summed E-state index contributed by atoms with van der Waals surface area (Å²) in [5.41, 5.74) is 12.1. The predicted octanol–water partition coefficient (Wildman–Crippen LogP) is 2.31. The zero-order chi connectivity index (χ0) is 23.9. The molecule has 0 spiro atoms. The summed E-state index contributed by atoms with van der Waals surface area (Å²) in [4.78, 5) is 0. The largest absolute Gasteiger partial charge is 0.364 e. The topological polar surface area (TPSA) is 104 Å². The molecule has 34 heavy (non-hydrogen) atoms. The van der Waals surface area contributed by atoms with Crippen molar-refractivity contribution in [2.75, 3.05) is 0 Å². The van der Waals surface area contributed by atoms with E-state index in [1.807, 2.05) is 0 Å². The van der Waals surface area contributed by atoms with Crippen molar-refractivity contribution in [1.29, 1.82) is 0 Å². The lowest BCUT2D eigenvalue weighted by Crippen LogP contribution is -2.68. The lowest BCUT2D eigenvalue weighted by Gasteiger charge is -2.22. The summed E-state index contributed by atoms with van der Waals surface area (Å²) < 4.78 is 40.7. The summed E-state index contributed by atoms with van der Waals surface area (Å²) in [6.45, 7) is 2.15. The van der Waals surface area contributed by atoms with E-state index < -0.39 is 10.2 Å². The second-order valence-electron chi connectivity index (χ2n) is 8.65. The van der Waals surface area contributed by atoms with Crippen molar-refractivity contribution in [3.8, 4) is 33.8 Å². The Morgan fingerprint density at radius 1 is 0.618 bits per heavy atom. The monoisotopic (exact) mass is 474 g/mol. The van der Waals surface area contributed by atoms with Gasteiger partial charge in [-0.05, 0) is 61.4 Å². The second kappa shape index (κ2) is 8.95. The highest BCUT2D eigenvalue weighted by molar-refractivity contribution is 5.86. The molecule has 1 heterocycles. The van der Waals surface area contributed by atoms with Gasteiger partial charge in [-0.2, -0.15) is 0 Å². The van der Waals surface area contributed by atoms with E-state index >= 15 is 0 Å². The molecule has 6 rings (SSSR count). The van der Waals surface area contributed by atoms with Gasteiger partial charge in [0.1, 0.15) is 0 Å². The zero-order valence-electron chi connectivity index (χ0n) is 18.7. The first kappa shape index (κ1) is 22.7. The molecule has 2 aliphatic carbocycles. The Balaban J connectivity index is 0.000000439. The van der Waals surface area contributed by atoms with Crippen LogP contribution >= 0.6 is 0 Å². The number of benzene rings is 3. The molecule has 0 fully saturated rings. The predicted molar refractivity (Wildman–Crippen MR) is 119 cm³/mol. The summed E-state index contributed by atoms with van der Waals surface area (Å²) >= 11 is 0. The molecule has 2 aliphatic rings. The van der Waals surface area contributed by atoms with E-state index in [0.29, 0.717) is 0 Å². The smallest absolute Gasteiger partial charge is 0.222 e. The molecule has 0 aliphatic heterocycles. The Hall–Kier alpha value is -3.06. The fraction of sp³-hybridized carbons (Fsp3) is 0.179. The molecule has 0 bridgehead atoms. The van der Waals surface area contributed by atoms with E-state index in [1.165, 1.54) is 50.1 Å². The molecular weight excluding hydrogens is 452 g/mol. The highest BCUT2D eigenvalue weighted by Gasteiger charge is 2.37. The zero-order valence-corrected chi connectivity index (χ0v) is 19.4. The third kappa shape index (κ3) is 4.49. The van der Waals surface area contributed by atoms with E-state index in [1.54, 1.807) is 0 Å². The number of aryl methyl sites for hydroxylation is 3. The molecule has 0 amide bonds. The quantitative estimate of drug-likeness (QED) is 0.394. The molecule has 1 aromatic heterocycles. The van der Waals surface area contributed by atoms with Crippen LogP contribution < -0.4 is 18.6 Å². The first-order valence-electron chi connectivity index (χ1n) is 11.2. The maximum atomic E-state index is 8.49. The molecule has 0 unspecified atom stereocenters. The van der Waals surface area contributed by atoms with Crippen molar-refractivity contribution in [1.82, 2.24) is 0 Å². The molecule has 0 atom stereocenters. The Kier molecular flexibility index (Phi) is 5.98. The van der Waals surface area contributed by atoms with Crippen LogP contribution in [0.4, 0.5) is 0 Å². The lowest BCUT2D eigenvalue weighted by atomic mass is 9.79. The molecule has 0 saturated heterocycles. The van der Waals surface area contributed by atoms with Crippen LogP contribution in [0.2, 0.25) is 0 Å². The van der Waals surface area contributed by atoms with Gasteiger partial charge >= 0.3 is 11.5 Å². The van der Waals surface area contributed by atoms with Gasteiger partial charge in [-0.1, -0.05) is 66.2 Å². The average Bonchev–Trinajstić information content (AvgIpc) is 2.82. The van der Waals surface area contributed by atoms with Crippen LogP contribution in [0.15, 0.2) is 77.2 Å². The van der Waals surface area contributed by atoms with Crippen LogP contribution in [0, 0.1) is 17.2 Å². The van der Waals surface area contributed by atoms with Crippen LogP contribution in [0.1, 0.15) is 27.8 Å². The highest BCUT2D eigenvalue weighted by atomic mass is 35.7. The summed E-state index contributed by atoms with van der Waals surface area (Å²) in [5.74, 6) is 2.13. The maximum absolute atomic E-state index is 8.49. The third-order valence-electron chi connectivity index (χ3n) is 6.51. The standard InChI is InChI=1S/C28H23O.ClHO4/c1-18-10-12-21(13-11-18)26-24-16-14-19-6-2-4-8-22(19)27(24)29-28-23-9-5-3-7-20(23)15-17-25(26)28;2-1(3,4)5/h2-13H,14-17H2,1H3;(H,2,3,4,5)/q+1;/p-1. The minimum absolute atomic E-state index is 1.04. The minimum atomic E-state index is -4.94. The maximum Gasteiger partial charge on any atom is 0.364 e. The molecule has 4 aromatic rings. The number of rotatable bonds is 1. The number of halogens is 1. The highest BCUT2D eigenvalue weighted by Crippen LogP contribution is 2.47. The Morgan fingerprint density at radius 2 is 1.06 bits per heavy atom. The summed E-state index contributed by atoms with van der Waals surface area (Å²) in [6, 6.07) is 26.5. The van der Waals surface area contributed by atoms with Gasteiger partial charge in [0, 0.05) is 5.56 Å².